The quantitative estimate of drug-likeness (QED) is 0.350. The Morgan fingerprint density at radius 3 is 2.46 bits per heavy atom. The second kappa shape index (κ2) is 10.4. The van der Waals surface area contributed by atoms with Crippen molar-refractivity contribution in [3.05, 3.63) is 77.7 Å². The van der Waals surface area contributed by atoms with Gasteiger partial charge in [0.15, 0.2) is 11.5 Å². The Balaban J connectivity index is 1.27. The second-order valence-electron chi connectivity index (χ2n) is 9.30. The average Bonchev–Trinajstić information content (AvgIpc) is 3.34. The molecule has 8 nitrogen and oxygen atoms in total. The lowest BCUT2D eigenvalue weighted by Crippen LogP contribution is -2.48. The molecular formula is C29H30N4O4. The maximum Gasteiger partial charge on any atom is 0.255 e. The minimum absolute atomic E-state index is 0.194. The third kappa shape index (κ3) is 5.34. The number of benzene rings is 3. The van der Waals surface area contributed by atoms with Crippen LogP contribution in [0.1, 0.15) is 28.2 Å². The standard InChI is InChI=1S/C29H30N4O4/c1-18-15-22(28-30-19(2)37-32-28)9-11-25(18)20-5-7-21(8-6-20)29(34)31-23-10-12-26(35-4)27(16-23)36-17-24-13-14-33(24)3/h5-12,15-16,24H,13-14,17H2,1-4H3,(H,31,34). The molecule has 1 aliphatic heterocycles. The molecule has 0 saturated carbocycles. The van der Waals surface area contributed by atoms with Crippen molar-refractivity contribution in [3.8, 4) is 34.0 Å². The van der Waals surface area contributed by atoms with E-state index in [2.05, 4.69) is 27.4 Å². The molecule has 2 heterocycles. The molecule has 1 fully saturated rings. The van der Waals surface area contributed by atoms with Crippen molar-refractivity contribution in [1.29, 1.82) is 0 Å². The minimum atomic E-state index is -0.194. The summed E-state index contributed by atoms with van der Waals surface area (Å²) in [4.78, 5) is 19.5. The molecule has 190 valence electrons. The van der Waals surface area contributed by atoms with Crippen molar-refractivity contribution >= 4 is 11.6 Å². The number of carbonyl (C=O) groups excluding carboxylic acids is 1. The number of rotatable bonds is 8. The zero-order valence-corrected chi connectivity index (χ0v) is 21.4. The monoisotopic (exact) mass is 498 g/mol. The highest BCUT2D eigenvalue weighted by Crippen LogP contribution is 2.32. The van der Waals surface area contributed by atoms with Crippen molar-refractivity contribution in [1.82, 2.24) is 15.0 Å². The first kappa shape index (κ1) is 24.5. The van der Waals surface area contributed by atoms with Crippen LogP contribution in [-0.2, 0) is 0 Å². The van der Waals surface area contributed by atoms with Gasteiger partial charge in [-0.2, -0.15) is 4.98 Å². The number of hydrogen-bond acceptors (Lipinski definition) is 7. The van der Waals surface area contributed by atoms with Crippen LogP contribution in [0.25, 0.3) is 22.5 Å². The summed E-state index contributed by atoms with van der Waals surface area (Å²) >= 11 is 0. The molecule has 3 aromatic carbocycles. The van der Waals surface area contributed by atoms with Crippen LogP contribution in [0.4, 0.5) is 5.69 Å². The summed E-state index contributed by atoms with van der Waals surface area (Å²) in [6.07, 6.45) is 1.12. The van der Waals surface area contributed by atoms with Gasteiger partial charge in [-0.25, -0.2) is 0 Å². The molecule has 1 aliphatic rings. The maximum absolute atomic E-state index is 13.0. The number of aryl methyl sites for hydroxylation is 2. The highest BCUT2D eigenvalue weighted by atomic mass is 16.5. The number of ether oxygens (including phenoxy) is 2. The van der Waals surface area contributed by atoms with Crippen molar-refractivity contribution < 1.29 is 18.8 Å². The molecule has 1 atom stereocenters. The highest BCUT2D eigenvalue weighted by molar-refractivity contribution is 6.04. The molecule has 0 spiro atoms. The SMILES string of the molecule is COc1ccc(NC(=O)c2ccc(-c3ccc(-c4noc(C)n4)cc3C)cc2)cc1OCC1CCN1C. The molecule has 1 unspecified atom stereocenters. The summed E-state index contributed by atoms with van der Waals surface area (Å²) < 4.78 is 16.5. The summed E-state index contributed by atoms with van der Waals surface area (Å²) in [5.74, 6) is 2.17. The topological polar surface area (TPSA) is 89.7 Å². The van der Waals surface area contributed by atoms with Crippen molar-refractivity contribution in [2.75, 3.05) is 32.6 Å². The van der Waals surface area contributed by atoms with Gasteiger partial charge in [0, 0.05) is 35.8 Å². The van der Waals surface area contributed by atoms with E-state index in [0.29, 0.717) is 47.1 Å². The number of nitrogens with zero attached hydrogens (tertiary/aromatic N) is 3. The molecule has 0 aliphatic carbocycles. The van der Waals surface area contributed by atoms with Gasteiger partial charge in [-0.05, 0) is 74.0 Å². The summed E-state index contributed by atoms with van der Waals surface area (Å²) in [6, 6.07) is 19.4. The smallest absolute Gasteiger partial charge is 0.255 e. The van der Waals surface area contributed by atoms with Crippen molar-refractivity contribution in [2.45, 2.75) is 26.3 Å². The summed E-state index contributed by atoms with van der Waals surface area (Å²) in [6.45, 7) is 5.48. The number of methoxy groups -OCH3 is 1. The van der Waals surface area contributed by atoms with Crippen LogP contribution < -0.4 is 14.8 Å². The predicted molar refractivity (Wildman–Crippen MR) is 142 cm³/mol. The number of aromatic nitrogens is 2. The Bertz CT molecular complexity index is 1410. The van der Waals surface area contributed by atoms with E-state index in [1.807, 2.05) is 55.5 Å². The van der Waals surface area contributed by atoms with Gasteiger partial charge in [-0.15, -0.1) is 0 Å². The van der Waals surface area contributed by atoms with Gasteiger partial charge >= 0.3 is 0 Å². The molecule has 1 aromatic heterocycles. The maximum atomic E-state index is 13.0. The number of likely N-dealkylation sites (N-methyl/N-ethyl adjacent to an activating group) is 1. The van der Waals surface area contributed by atoms with E-state index in [-0.39, 0.29) is 5.91 Å². The average molecular weight is 499 g/mol. The largest absolute Gasteiger partial charge is 0.493 e. The van der Waals surface area contributed by atoms with Crippen LogP contribution in [0.2, 0.25) is 0 Å². The Morgan fingerprint density at radius 2 is 1.84 bits per heavy atom. The molecule has 4 aromatic rings. The number of anilines is 1. The Labute approximate surface area is 216 Å². The van der Waals surface area contributed by atoms with Gasteiger partial charge in [-0.3, -0.25) is 9.69 Å². The fraction of sp³-hybridized carbons (Fsp3) is 0.276. The van der Waals surface area contributed by atoms with Crippen LogP contribution >= 0.6 is 0 Å². The van der Waals surface area contributed by atoms with Gasteiger partial charge < -0.3 is 19.3 Å². The Morgan fingerprint density at radius 1 is 1.05 bits per heavy atom. The summed E-state index contributed by atoms with van der Waals surface area (Å²) in [7, 11) is 3.70. The molecule has 1 N–H and O–H groups in total. The Hall–Kier alpha value is -4.17. The molecule has 0 bridgehead atoms. The normalized spacial score (nSPS) is 15.2. The molecule has 37 heavy (non-hydrogen) atoms. The minimum Gasteiger partial charge on any atom is -0.493 e. The highest BCUT2D eigenvalue weighted by Gasteiger charge is 2.25. The molecule has 1 amide bonds. The second-order valence-corrected chi connectivity index (χ2v) is 9.30. The van der Waals surface area contributed by atoms with Gasteiger partial charge in [0.25, 0.3) is 5.91 Å². The van der Waals surface area contributed by atoms with Crippen molar-refractivity contribution in [2.24, 2.45) is 0 Å². The van der Waals surface area contributed by atoms with Gasteiger partial charge in [-0.1, -0.05) is 29.4 Å². The molecule has 1 saturated heterocycles. The first-order valence-corrected chi connectivity index (χ1v) is 12.3. The van der Waals surface area contributed by atoms with Crippen LogP contribution in [-0.4, -0.2) is 54.3 Å². The van der Waals surface area contributed by atoms with E-state index in [1.165, 1.54) is 0 Å². The lowest BCUT2D eigenvalue weighted by molar-refractivity contribution is 0.0757. The van der Waals surface area contributed by atoms with Gasteiger partial charge in [0.05, 0.1) is 7.11 Å². The van der Waals surface area contributed by atoms with Gasteiger partial charge in [0.1, 0.15) is 6.61 Å². The van der Waals surface area contributed by atoms with Crippen LogP contribution in [0.15, 0.2) is 65.2 Å². The zero-order chi connectivity index (χ0) is 25.9. The third-order valence-corrected chi connectivity index (χ3v) is 6.76. The molecule has 5 rings (SSSR count). The fourth-order valence-electron chi connectivity index (χ4n) is 4.38. The van der Waals surface area contributed by atoms with E-state index in [0.717, 1.165) is 35.2 Å². The van der Waals surface area contributed by atoms with Crippen LogP contribution in [0.3, 0.4) is 0 Å². The number of nitrogens with one attached hydrogen (secondary N) is 1. The number of carbonyl (C=O) groups is 1. The molecule has 0 radical (unpaired) electrons. The fourth-order valence-corrected chi connectivity index (χ4v) is 4.38. The van der Waals surface area contributed by atoms with Gasteiger partial charge in [0.2, 0.25) is 11.7 Å². The number of likely N-dealkylation sites (tertiary alicyclic amines) is 1. The Kier molecular flexibility index (Phi) is 6.92. The number of hydrogen-bond donors (Lipinski definition) is 1. The van der Waals surface area contributed by atoms with Crippen molar-refractivity contribution in [3.63, 3.8) is 0 Å². The molecular weight excluding hydrogens is 468 g/mol. The molecule has 8 heteroatoms. The number of amides is 1. The zero-order valence-electron chi connectivity index (χ0n) is 21.4. The van der Waals surface area contributed by atoms with E-state index in [9.17, 15) is 4.79 Å². The first-order valence-electron chi connectivity index (χ1n) is 12.3. The summed E-state index contributed by atoms with van der Waals surface area (Å²) in [5.41, 5.74) is 5.29. The van der Waals surface area contributed by atoms with E-state index < -0.39 is 0 Å². The van der Waals surface area contributed by atoms with Crippen LogP contribution in [0.5, 0.6) is 11.5 Å². The summed E-state index contributed by atoms with van der Waals surface area (Å²) in [5, 5.41) is 6.95. The predicted octanol–water partition coefficient (Wildman–Crippen LogP) is 5.36. The van der Waals surface area contributed by atoms with E-state index in [1.54, 1.807) is 26.2 Å². The van der Waals surface area contributed by atoms with E-state index >= 15 is 0 Å². The lowest BCUT2D eigenvalue weighted by atomic mass is 9.97. The first-order chi connectivity index (χ1) is 17.9. The van der Waals surface area contributed by atoms with Crippen LogP contribution in [0, 0.1) is 13.8 Å². The third-order valence-electron chi connectivity index (χ3n) is 6.76. The lowest BCUT2D eigenvalue weighted by Gasteiger charge is -2.37. The van der Waals surface area contributed by atoms with E-state index in [4.69, 9.17) is 14.0 Å².